The van der Waals surface area contributed by atoms with Crippen LogP contribution in [0.15, 0.2) is 56.3 Å². The van der Waals surface area contributed by atoms with Gasteiger partial charge in [-0.3, -0.25) is 0 Å². The van der Waals surface area contributed by atoms with Crippen molar-refractivity contribution in [2.45, 2.75) is 18.2 Å². The zero-order valence-electron chi connectivity index (χ0n) is 11.4. The Morgan fingerprint density at radius 3 is 2.52 bits per heavy atom. The molecule has 0 bridgehead atoms. The van der Waals surface area contributed by atoms with Crippen molar-refractivity contribution < 1.29 is 8.42 Å². The fraction of sp³-hybridized carbons (Fsp3) is 0.200. The Balaban J connectivity index is 2.05. The monoisotopic (exact) mass is 431 g/mol. The number of hydrogen-bond acceptors (Lipinski definition) is 2. The fourth-order valence-electron chi connectivity index (χ4n) is 1.97. The van der Waals surface area contributed by atoms with Crippen molar-refractivity contribution >= 4 is 41.9 Å². The van der Waals surface area contributed by atoms with Crippen LogP contribution in [0.3, 0.4) is 0 Å². The summed E-state index contributed by atoms with van der Waals surface area (Å²) in [5, 5.41) is 0. The second-order valence-electron chi connectivity index (χ2n) is 4.71. The molecule has 3 nitrogen and oxygen atoms in total. The molecule has 2 aromatic carbocycles. The molecule has 0 atom stereocenters. The van der Waals surface area contributed by atoms with Crippen molar-refractivity contribution in [3.8, 4) is 0 Å². The second kappa shape index (κ2) is 7.05. The van der Waals surface area contributed by atoms with Crippen LogP contribution >= 0.6 is 31.9 Å². The van der Waals surface area contributed by atoms with Crippen molar-refractivity contribution in [2.24, 2.45) is 0 Å². The smallest absolute Gasteiger partial charge is 0.211 e. The van der Waals surface area contributed by atoms with Gasteiger partial charge in [0.15, 0.2) is 0 Å². The van der Waals surface area contributed by atoms with Gasteiger partial charge < -0.3 is 0 Å². The van der Waals surface area contributed by atoms with E-state index in [0.29, 0.717) is 17.4 Å². The lowest BCUT2D eigenvalue weighted by molar-refractivity contribution is 0.581. The highest BCUT2D eigenvalue weighted by Crippen LogP contribution is 2.25. The summed E-state index contributed by atoms with van der Waals surface area (Å²) in [6.45, 7) is 2.39. The van der Waals surface area contributed by atoms with Crippen LogP contribution in [0.4, 0.5) is 0 Å². The van der Waals surface area contributed by atoms with Crippen LogP contribution < -0.4 is 4.72 Å². The second-order valence-corrected chi connectivity index (χ2v) is 8.22. The van der Waals surface area contributed by atoms with Gasteiger partial charge in [-0.2, -0.15) is 0 Å². The molecule has 112 valence electrons. The highest BCUT2D eigenvalue weighted by molar-refractivity contribution is 9.11. The van der Waals surface area contributed by atoms with Gasteiger partial charge >= 0.3 is 0 Å². The number of hydrogen-bond donors (Lipinski definition) is 1. The van der Waals surface area contributed by atoms with Crippen LogP contribution in [0.2, 0.25) is 0 Å². The third-order valence-electron chi connectivity index (χ3n) is 2.97. The van der Waals surface area contributed by atoms with E-state index >= 15 is 0 Å². The molecule has 0 aliphatic rings. The Morgan fingerprint density at radius 1 is 1.10 bits per heavy atom. The van der Waals surface area contributed by atoms with Gasteiger partial charge in [0.1, 0.15) is 0 Å². The molecule has 0 aliphatic heterocycles. The van der Waals surface area contributed by atoms with Crippen molar-refractivity contribution in [2.75, 3.05) is 6.54 Å². The Kier molecular flexibility index (Phi) is 5.60. The number of benzene rings is 2. The van der Waals surface area contributed by atoms with Crippen molar-refractivity contribution in [3.63, 3.8) is 0 Å². The summed E-state index contributed by atoms with van der Waals surface area (Å²) < 4.78 is 28.5. The molecular formula is C15H15Br2NO2S. The van der Waals surface area contributed by atoms with E-state index in [1.807, 2.05) is 25.1 Å². The number of nitrogens with one attached hydrogen (secondary N) is 1. The molecule has 0 unspecified atom stereocenters. The number of rotatable bonds is 5. The topological polar surface area (TPSA) is 46.2 Å². The summed E-state index contributed by atoms with van der Waals surface area (Å²) in [4.78, 5) is 0.245. The van der Waals surface area contributed by atoms with E-state index in [0.717, 1.165) is 10.0 Å². The van der Waals surface area contributed by atoms with Gasteiger partial charge in [0, 0.05) is 15.5 Å². The first kappa shape index (κ1) is 16.7. The predicted octanol–water partition coefficient (Wildman–Crippen LogP) is 4.04. The van der Waals surface area contributed by atoms with Gasteiger partial charge in [0.25, 0.3) is 0 Å². The number of halogens is 2. The zero-order chi connectivity index (χ0) is 15.5. The van der Waals surface area contributed by atoms with Gasteiger partial charge in [-0.25, -0.2) is 13.1 Å². The number of aryl methyl sites for hydroxylation is 1. The molecule has 1 N–H and O–H groups in total. The third-order valence-corrected chi connectivity index (χ3v) is 5.90. The van der Waals surface area contributed by atoms with Crippen LogP contribution in [-0.2, 0) is 16.4 Å². The first-order valence-electron chi connectivity index (χ1n) is 6.39. The van der Waals surface area contributed by atoms with Crippen LogP contribution in [0.1, 0.15) is 11.1 Å². The summed E-state index contributed by atoms with van der Waals surface area (Å²) in [6, 6.07) is 13.1. The average molecular weight is 433 g/mol. The van der Waals surface area contributed by atoms with E-state index in [-0.39, 0.29) is 4.90 Å². The standard InChI is InChI=1S/C15H15Br2NO2S/c1-11-3-2-4-12(9-11)7-8-18-21(19,20)15-6-5-13(16)10-14(15)17/h2-6,9-10,18H,7-8H2,1H3. The normalized spacial score (nSPS) is 11.6. The predicted molar refractivity (Wildman–Crippen MR) is 91.9 cm³/mol. The maximum Gasteiger partial charge on any atom is 0.241 e. The minimum atomic E-state index is -3.51. The lowest BCUT2D eigenvalue weighted by atomic mass is 10.1. The molecule has 0 aromatic heterocycles. The highest BCUT2D eigenvalue weighted by atomic mass is 79.9. The van der Waals surface area contributed by atoms with E-state index in [1.165, 1.54) is 5.56 Å². The Hall–Kier alpha value is -0.690. The number of sulfonamides is 1. The van der Waals surface area contributed by atoms with E-state index in [1.54, 1.807) is 18.2 Å². The molecule has 0 heterocycles. The van der Waals surface area contributed by atoms with Gasteiger partial charge in [0.2, 0.25) is 10.0 Å². The molecule has 2 rings (SSSR count). The zero-order valence-corrected chi connectivity index (χ0v) is 15.4. The minimum Gasteiger partial charge on any atom is -0.211 e. The summed E-state index contributed by atoms with van der Waals surface area (Å²) in [7, 11) is -3.51. The Bertz CT molecular complexity index is 745. The Labute approximate surface area is 142 Å². The molecule has 0 spiro atoms. The van der Waals surface area contributed by atoms with Crippen molar-refractivity contribution in [1.29, 1.82) is 0 Å². The molecule has 2 aromatic rings. The van der Waals surface area contributed by atoms with E-state index in [4.69, 9.17) is 0 Å². The highest BCUT2D eigenvalue weighted by Gasteiger charge is 2.17. The Morgan fingerprint density at radius 2 is 1.86 bits per heavy atom. The van der Waals surface area contributed by atoms with Crippen LogP contribution in [0, 0.1) is 6.92 Å². The van der Waals surface area contributed by atoms with Crippen LogP contribution in [-0.4, -0.2) is 15.0 Å². The van der Waals surface area contributed by atoms with Gasteiger partial charge in [0.05, 0.1) is 4.90 Å². The molecule has 6 heteroatoms. The summed E-state index contributed by atoms with van der Waals surface area (Å²) >= 11 is 6.59. The molecule has 0 saturated heterocycles. The third kappa shape index (κ3) is 4.64. The summed E-state index contributed by atoms with van der Waals surface area (Å²) in [5.74, 6) is 0. The van der Waals surface area contributed by atoms with E-state index in [9.17, 15) is 8.42 Å². The minimum absolute atomic E-state index is 0.245. The van der Waals surface area contributed by atoms with Crippen molar-refractivity contribution in [1.82, 2.24) is 4.72 Å². The molecule has 0 radical (unpaired) electrons. The SMILES string of the molecule is Cc1cccc(CCNS(=O)(=O)c2ccc(Br)cc2Br)c1. The molecule has 0 saturated carbocycles. The molecule has 21 heavy (non-hydrogen) atoms. The first-order chi connectivity index (χ1) is 9.88. The first-order valence-corrected chi connectivity index (χ1v) is 9.46. The van der Waals surface area contributed by atoms with Crippen molar-refractivity contribution in [3.05, 3.63) is 62.5 Å². The summed E-state index contributed by atoms with van der Waals surface area (Å²) in [6.07, 6.45) is 0.662. The van der Waals surface area contributed by atoms with E-state index in [2.05, 4.69) is 42.6 Å². The molecule has 0 amide bonds. The quantitative estimate of drug-likeness (QED) is 0.774. The molecule has 0 fully saturated rings. The lowest BCUT2D eigenvalue weighted by Gasteiger charge is -2.09. The largest absolute Gasteiger partial charge is 0.241 e. The molecular weight excluding hydrogens is 418 g/mol. The maximum absolute atomic E-state index is 12.3. The molecule has 0 aliphatic carbocycles. The van der Waals surface area contributed by atoms with E-state index < -0.39 is 10.0 Å². The van der Waals surface area contributed by atoms with Gasteiger partial charge in [-0.15, -0.1) is 0 Å². The fourth-order valence-corrected chi connectivity index (χ4v) is 4.74. The average Bonchev–Trinajstić information content (AvgIpc) is 2.38. The van der Waals surface area contributed by atoms with Crippen LogP contribution in [0.5, 0.6) is 0 Å². The van der Waals surface area contributed by atoms with Gasteiger partial charge in [-0.1, -0.05) is 45.8 Å². The van der Waals surface area contributed by atoms with Gasteiger partial charge in [-0.05, 0) is 53.0 Å². The summed E-state index contributed by atoms with van der Waals surface area (Å²) in [5.41, 5.74) is 2.29. The maximum atomic E-state index is 12.3. The lowest BCUT2D eigenvalue weighted by Crippen LogP contribution is -2.26. The van der Waals surface area contributed by atoms with Crippen LogP contribution in [0.25, 0.3) is 0 Å².